The summed E-state index contributed by atoms with van der Waals surface area (Å²) in [5.74, 6) is -2.55. The molecule has 1 aromatic rings. The molecule has 1 unspecified atom stereocenters. The van der Waals surface area contributed by atoms with Crippen LogP contribution >= 0.6 is 11.3 Å². The lowest BCUT2D eigenvalue weighted by Gasteiger charge is -2.06. The Hall–Kier alpha value is -1.36. The Morgan fingerprint density at radius 1 is 1.53 bits per heavy atom. The number of rotatable bonds is 4. The Morgan fingerprint density at radius 3 is 2.67 bits per heavy atom. The third kappa shape index (κ3) is 3.36. The smallest absolute Gasteiger partial charge is 0.315 e. The number of carbonyl (C=O) groups excluding carboxylic acids is 1. The topological polar surface area (TPSA) is 66.4 Å². The van der Waals surface area contributed by atoms with Crippen LogP contribution in [-0.2, 0) is 16.1 Å². The molecule has 0 saturated heterocycles. The molecule has 0 saturated carbocycles. The van der Waals surface area contributed by atoms with Gasteiger partial charge in [-0.15, -0.1) is 11.3 Å². The van der Waals surface area contributed by atoms with E-state index >= 15 is 0 Å². The predicted octanol–water partition coefficient (Wildman–Crippen LogP) is 1.39. The minimum absolute atomic E-state index is 0.398. The van der Waals surface area contributed by atoms with Crippen LogP contribution < -0.4 is 5.32 Å². The van der Waals surface area contributed by atoms with Crippen LogP contribution in [0.1, 0.15) is 16.7 Å². The molecule has 2 N–H and O–H groups in total. The molecule has 1 rings (SSSR count). The highest BCUT2D eigenvalue weighted by atomic mass is 32.1. The van der Waals surface area contributed by atoms with E-state index in [1.165, 1.54) is 11.8 Å². The summed E-state index contributed by atoms with van der Waals surface area (Å²) in [6, 6.07) is 3.89. The third-order valence-corrected chi connectivity index (χ3v) is 3.00. The van der Waals surface area contributed by atoms with Crippen LogP contribution in [0.5, 0.6) is 0 Å². The van der Waals surface area contributed by atoms with Crippen molar-refractivity contribution in [2.45, 2.75) is 20.4 Å². The van der Waals surface area contributed by atoms with E-state index in [1.807, 2.05) is 19.1 Å². The van der Waals surface area contributed by atoms with Gasteiger partial charge in [-0.3, -0.25) is 9.59 Å². The maximum Gasteiger partial charge on any atom is 0.315 e. The summed E-state index contributed by atoms with van der Waals surface area (Å²) >= 11 is 1.59. The molecule has 0 radical (unpaired) electrons. The van der Waals surface area contributed by atoms with Crippen molar-refractivity contribution in [3.8, 4) is 0 Å². The van der Waals surface area contributed by atoms with Gasteiger partial charge in [-0.2, -0.15) is 0 Å². The van der Waals surface area contributed by atoms with E-state index in [-0.39, 0.29) is 0 Å². The van der Waals surface area contributed by atoms with Gasteiger partial charge in [0.25, 0.3) is 0 Å². The molecule has 4 nitrogen and oxygen atoms in total. The Kier molecular flexibility index (Phi) is 3.85. The van der Waals surface area contributed by atoms with Gasteiger partial charge in [0, 0.05) is 9.75 Å². The lowest BCUT2D eigenvalue weighted by molar-refractivity contribution is -0.146. The van der Waals surface area contributed by atoms with Gasteiger partial charge in [0.15, 0.2) is 0 Å². The van der Waals surface area contributed by atoms with Gasteiger partial charge in [0.2, 0.25) is 5.91 Å². The van der Waals surface area contributed by atoms with Crippen molar-refractivity contribution in [1.29, 1.82) is 0 Å². The van der Waals surface area contributed by atoms with Gasteiger partial charge in [-0.05, 0) is 26.0 Å². The van der Waals surface area contributed by atoms with Crippen molar-refractivity contribution < 1.29 is 14.7 Å². The summed E-state index contributed by atoms with van der Waals surface area (Å²) in [7, 11) is 0. The van der Waals surface area contributed by atoms with E-state index in [2.05, 4.69) is 5.32 Å². The fourth-order valence-corrected chi connectivity index (χ4v) is 1.85. The van der Waals surface area contributed by atoms with Crippen molar-refractivity contribution in [2.75, 3.05) is 0 Å². The molecule has 0 aliphatic carbocycles. The molecule has 1 atom stereocenters. The van der Waals surface area contributed by atoms with Crippen LogP contribution in [0.15, 0.2) is 12.1 Å². The van der Waals surface area contributed by atoms with Crippen LogP contribution in [0.3, 0.4) is 0 Å². The van der Waals surface area contributed by atoms with E-state index in [9.17, 15) is 9.59 Å². The Bertz CT molecular complexity index is 372. The maximum atomic E-state index is 11.3. The number of hydrogen-bond acceptors (Lipinski definition) is 3. The van der Waals surface area contributed by atoms with Gasteiger partial charge >= 0.3 is 5.97 Å². The van der Waals surface area contributed by atoms with Crippen molar-refractivity contribution in [1.82, 2.24) is 5.32 Å². The number of nitrogens with one attached hydrogen (secondary N) is 1. The average molecular weight is 227 g/mol. The zero-order chi connectivity index (χ0) is 11.4. The fourth-order valence-electron chi connectivity index (χ4n) is 1.02. The van der Waals surface area contributed by atoms with Crippen molar-refractivity contribution in [2.24, 2.45) is 5.92 Å². The van der Waals surface area contributed by atoms with E-state index in [0.29, 0.717) is 6.54 Å². The molecule has 0 bridgehead atoms. The molecule has 5 heteroatoms. The normalized spacial score (nSPS) is 12.1. The first-order valence-electron chi connectivity index (χ1n) is 4.56. The number of amides is 1. The molecule has 1 amide bonds. The molecule has 0 aliphatic rings. The summed E-state index contributed by atoms with van der Waals surface area (Å²) in [4.78, 5) is 24.0. The first-order valence-corrected chi connectivity index (χ1v) is 5.38. The number of thiophene rings is 1. The molecular formula is C10H13NO3S. The minimum Gasteiger partial charge on any atom is -0.481 e. The summed E-state index contributed by atoms with van der Waals surface area (Å²) in [5, 5.41) is 11.2. The Balaban J connectivity index is 2.44. The number of aryl methyl sites for hydroxylation is 1. The van der Waals surface area contributed by atoms with Crippen molar-refractivity contribution >= 4 is 23.2 Å². The molecule has 15 heavy (non-hydrogen) atoms. The molecule has 0 aromatic carbocycles. The van der Waals surface area contributed by atoms with Crippen LogP contribution in [-0.4, -0.2) is 17.0 Å². The number of aliphatic carboxylic acids is 1. The minimum atomic E-state index is -1.10. The summed E-state index contributed by atoms with van der Waals surface area (Å²) in [6.07, 6.45) is 0. The molecule has 0 fully saturated rings. The van der Waals surface area contributed by atoms with Crippen LogP contribution in [0.2, 0.25) is 0 Å². The standard InChI is InChI=1S/C10H13NO3S/c1-6-3-4-8(15-6)5-11-9(12)7(2)10(13)14/h3-4,7H,5H2,1-2H3,(H,11,12)(H,13,14). The van der Waals surface area contributed by atoms with Gasteiger partial charge in [-0.25, -0.2) is 0 Å². The second-order valence-corrected chi connectivity index (χ2v) is 4.66. The highest BCUT2D eigenvalue weighted by Crippen LogP contribution is 2.14. The second-order valence-electron chi connectivity index (χ2n) is 3.29. The molecule has 1 aromatic heterocycles. The van der Waals surface area contributed by atoms with E-state index in [0.717, 1.165) is 4.88 Å². The molecule has 1 heterocycles. The van der Waals surface area contributed by atoms with Crippen molar-refractivity contribution in [3.63, 3.8) is 0 Å². The third-order valence-electron chi connectivity index (χ3n) is 2.00. The predicted molar refractivity (Wildman–Crippen MR) is 57.7 cm³/mol. The Morgan fingerprint density at radius 2 is 2.20 bits per heavy atom. The van der Waals surface area contributed by atoms with Gasteiger partial charge in [0.05, 0.1) is 6.54 Å². The lowest BCUT2D eigenvalue weighted by atomic mass is 10.2. The summed E-state index contributed by atoms with van der Waals surface area (Å²) in [6.45, 7) is 3.75. The molecular weight excluding hydrogens is 214 g/mol. The zero-order valence-electron chi connectivity index (χ0n) is 8.61. The fraction of sp³-hybridized carbons (Fsp3) is 0.400. The SMILES string of the molecule is Cc1ccc(CNC(=O)C(C)C(=O)O)s1. The average Bonchev–Trinajstić information content (AvgIpc) is 2.59. The van der Waals surface area contributed by atoms with E-state index < -0.39 is 17.8 Å². The number of carboxylic acid groups (broad SMARTS) is 1. The van der Waals surface area contributed by atoms with Crippen LogP contribution in [0, 0.1) is 12.8 Å². The van der Waals surface area contributed by atoms with Gasteiger partial charge in [0.1, 0.15) is 5.92 Å². The highest BCUT2D eigenvalue weighted by Gasteiger charge is 2.19. The monoisotopic (exact) mass is 227 g/mol. The second kappa shape index (κ2) is 4.93. The van der Waals surface area contributed by atoms with E-state index in [1.54, 1.807) is 11.3 Å². The first kappa shape index (κ1) is 11.7. The molecule has 0 spiro atoms. The summed E-state index contributed by atoms with van der Waals surface area (Å²) < 4.78 is 0. The molecule has 0 aliphatic heterocycles. The Labute approximate surface area is 91.9 Å². The van der Waals surface area contributed by atoms with Crippen LogP contribution in [0.4, 0.5) is 0 Å². The first-order chi connectivity index (χ1) is 7.00. The van der Waals surface area contributed by atoms with Crippen LogP contribution in [0.25, 0.3) is 0 Å². The number of hydrogen-bond donors (Lipinski definition) is 2. The zero-order valence-corrected chi connectivity index (χ0v) is 9.43. The summed E-state index contributed by atoms with van der Waals surface area (Å²) in [5.41, 5.74) is 0. The van der Waals surface area contributed by atoms with Gasteiger partial charge < -0.3 is 10.4 Å². The van der Waals surface area contributed by atoms with Crippen molar-refractivity contribution in [3.05, 3.63) is 21.9 Å². The molecule has 82 valence electrons. The maximum absolute atomic E-state index is 11.3. The number of carboxylic acids is 1. The lowest BCUT2D eigenvalue weighted by Crippen LogP contribution is -2.32. The highest BCUT2D eigenvalue weighted by molar-refractivity contribution is 7.11. The quantitative estimate of drug-likeness (QED) is 0.764. The van der Waals surface area contributed by atoms with Gasteiger partial charge in [-0.1, -0.05) is 0 Å². The number of carbonyl (C=O) groups is 2. The largest absolute Gasteiger partial charge is 0.481 e. The van der Waals surface area contributed by atoms with E-state index in [4.69, 9.17) is 5.11 Å².